The maximum Gasteiger partial charge on any atom is 0.453 e. The minimum atomic E-state index is -5.56. The highest BCUT2D eigenvalue weighted by Crippen LogP contribution is 2.39. The molecule has 1 aromatic carbocycles. The summed E-state index contributed by atoms with van der Waals surface area (Å²) in [6.07, 6.45) is -0.252. The maximum absolute atomic E-state index is 12.9. The number of carbonyl (C=O) groups is 3. The molecule has 2 atom stereocenters. The Labute approximate surface area is 237 Å². The molecule has 2 unspecified atom stereocenters. The Kier molecular flexibility index (Phi) is 12.0. The van der Waals surface area contributed by atoms with Crippen LogP contribution in [-0.2, 0) is 26.9 Å². The number of nitrogens with one attached hydrogen (secondary N) is 1. The van der Waals surface area contributed by atoms with Gasteiger partial charge in [0.1, 0.15) is 6.04 Å². The van der Waals surface area contributed by atoms with Crippen molar-refractivity contribution in [3.8, 4) is 0 Å². The number of amides is 3. The van der Waals surface area contributed by atoms with Crippen molar-refractivity contribution in [3.63, 3.8) is 0 Å². The lowest BCUT2D eigenvalue weighted by atomic mass is 10.0. The number of hydrogen-bond acceptors (Lipinski definition) is 5. The van der Waals surface area contributed by atoms with Crippen molar-refractivity contribution in [1.29, 1.82) is 0 Å². The Hall–Kier alpha value is -2.02. The van der Waals surface area contributed by atoms with Gasteiger partial charge in [-0.3, -0.25) is 23.9 Å². The third kappa shape index (κ3) is 8.99. The average molecular weight is 611 g/mol. The standard InChI is InChI=1S/C27H35F5N2O4S2/c28-26(29,27(30,31)32)14-9-17-40(38)16-7-5-3-1-2-4-6-15-39-22-11-8-10-19-20(22)18-34(25(19)37)21-12-13-23(35)33-24(21)36/h8,10-11,21H,1-7,9,12-18H2,(H,33,35,36). The van der Waals surface area contributed by atoms with Gasteiger partial charge in [-0.25, -0.2) is 0 Å². The Morgan fingerprint density at radius 1 is 0.925 bits per heavy atom. The van der Waals surface area contributed by atoms with Gasteiger partial charge in [0, 0.05) is 52.2 Å². The maximum atomic E-state index is 12.9. The molecule has 1 N–H and O–H groups in total. The zero-order valence-electron chi connectivity index (χ0n) is 22.2. The number of thioether (sulfide) groups is 1. The molecular formula is C27H35F5N2O4S2. The van der Waals surface area contributed by atoms with E-state index in [4.69, 9.17) is 0 Å². The molecule has 1 fully saturated rings. The van der Waals surface area contributed by atoms with Crippen molar-refractivity contribution < 1.29 is 40.5 Å². The van der Waals surface area contributed by atoms with Gasteiger partial charge in [-0.05, 0) is 49.1 Å². The van der Waals surface area contributed by atoms with Crippen LogP contribution in [0.25, 0.3) is 0 Å². The Bertz CT molecular complexity index is 1080. The van der Waals surface area contributed by atoms with Gasteiger partial charge in [-0.15, -0.1) is 11.8 Å². The predicted octanol–water partition coefficient (Wildman–Crippen LogP) is 6.00. The van der Waals surface area contributed by atoms with Crippen LogP contribution in [0.5, 0.6) is 0 Å². The molecule has 40 heavy (non-hydrogen) atoms. The molecule has 224 valence electrons. The average Bonchev–Trinajstić information content (AvgIpc) is 3.21. The van der Waals surface area contributed by atoms with Crippen LogP contribution in [0.1, 0.15) is 86.6 Å². The summed E-state index contributed by atoms with van der Waals surface area (Å²) in [5.41, 5.74) is 1.53. The molecule has 0 aromatic heterocycles. The lowest BCUT2D eigenvalue weighted by Gasteiger charge is -2.29. The number of piperidine rings is 1. The van der Waals surface area contributed by atoms with Gasteiger partial charge < -0.3 is 4.90 Å². The number of alkyl halides is 5. The molecule has 2 aliphatic rings. The fraction of sp³-hybridized carbons (Fsp3) is 0.667. The SMILES string of the molecule is O=C1CCC(N2Cc3c(SCCCCCCCCCS(=O)CCCC(F)(F)C(F)(F)F)cccc3C2=O)C(=O)N1. The topological polar surface area (TPSA) is 83.6 Å². The Balaban J connectivity index is 1.25. The van der Waals surface area contributed by atoms with Gasteiger partial charge >= 0.3 is 12.1 Å². The molecule has 13 heteroatoms. The lowest BCUT2D eigenvalue weighted by molar-refractivity contribution is -0.284. The smallest absolute Gasteiger partial charge is 0.322 e. The van der Waals surface area contributed by atoms with Crippen LogP contribution in [-0.4, -0.2) is 62.2 Å². The van der Waals surface area contributed by atoms with E-state index in [1.807, 2.05) is 12.1 Å². The van der Waals surface area contributed by atoms with Crippen LogP contribution in [0.3, 0.4) is 0 Å². The zero-order valence-corrected chi connectivity index (χ0v) is 23.8. The third-order valence-electron chi connectivity index (χ3n) is 7.09. The van der Waals surface area contributed by atoms with E-state index in [9.17, 15) is 40.5 Å². The number of nitrogens with zero attached hydrogens (tertiary/aromatic N) is 1. The summed E-state index contributed by atoms with van der Waals surface area (Å²) in [6.45, 7) is 0.356. The number of halogens is 5. The van der Waals surface area contributed by atoms with E-state index in [0.29, 0.717) is 30.7 Å². The normalized spacial score (nSPS) is 18.7. The summed E-state index contributed by atoms with van der Waals surface area (Å²) in [5.74, 6) is -4.59. The molecule has 1 aromatic rings. The van der Waals surface area contributed by atoms with Crippen LogP contribution in [0.2, 0.25) is 0 Å². The first-order valence-electron chi connectivity index (χ1n) is 13.6. The number of carbonyl (C=O) groups excluding carboxylic acids is 3. The van der Waals surface area contributed by atoms with E-state index in [2.05, 4.69) is 5.32 Å². The number of imide groups is 1. The van der Waals surface area contributed by atoms with Gasteiger partial charge in [0.25, 0.3) is 5.91 Å². The van der Waals surface area contributed by atoms with E-state index in [1.165, 1.54) is 0 Å². The second-order valence-electron chi connectivity index (χ2n) is 10.2. The molecule has 2 aliphatic heterocycles. The Morgan fingerprint density at radius 3 is 2.25 bits per heavy atom. The zero-order chi connectivity index (χ0) is 29.3. The minimum absolute atomic E-state index is 0.142. The number of benzene rings is 1. The second kappa shape index (κ2) is 14.7. The van der Waals surface area contributed by atoms with E-state index in [1.54, 1.807) is 22.7 Å². The summed E-state index contributed by atoms with van der Waals surface area (Å²) in [7, 11) is -1.38. The third-order valence-corrected chi connectivity index (χ3v) is 9.76. The molecule has 3 amide bonds. The molecule has 0 bridgehead atoms. The van der Waals surface area contributed by atoms with Crippen molar-refractivity contribution in [3.05, 3.63) is 29.3 Å². The molecule has 0 saturated carbocycles. The monoisotopic (exact) mass is 610 g/mol. The van der Waals surface area contributed by atoms with Crippen LogP contribution >= 0.6 is 11.8 Å². The molecule has 0 aliphatic carbocycles. The van der Waals surface area contributed by atoms with Crippen molar-refractivity contribution in [2.45, 2.75) is 100 Å². The molecule has 1 saturated heterocycles. The molecule has 6 nitrogen and oxygen atoms in total. The van der Waals surface area contributed by atoms with E-state index < -0.39 is 47.7 Å². The molecule has 3 rings (SSSR count). The van der Waals surface area contributed by atoms with E-state index in [0.717, 1.165) is 54.7 Å². The number of fused-ring (bicyclic) bond motifs is 1. The number of unbranched alkanes of at least 4 members (excludes halogenated alkanes) is 6. The minimum Gasteiger partial charge on any atom is -0.322 e. The first-order chi connectivity index (χ1) is 18.9. The van der Waals surface area contributed by atoms with Crippen molar-refractivity contribution in [2.24, 2.45) is 0 Å². The highest BCUT2D eigenvalue weighted by atomic mass is 32.2. The van der Waals surface area contributed by atoms with Gasteiger partial charge in [0.05, 0.1) is 0 Å². The van der Waals surface area contributed by atoms with Crippen molar-refractivity contribution in [1.82, 2.24) is 10.2 Å². The predicted molar refractivity (Wildman–Crippen MR) is 144 cm³/mol. The highest BCUT2D eigenvalue weighted by Gasteiger charge is 2.56. The summed E-state index contributed by atoms with van der Waals surface area (Å²) < 4.78 is 74.0. The summed E-state index contributed by atoms with van der Waals surface area (Å²) in [6, 6.07) is 4.97. The van der Waals surface area contributed by atoms with Crippen molar-refractivity contribution >= 4 is 40.3 Å². The van der Waals surface area contributed by atoms with Crippen LogP contribution in [0.4, 0.5) is 22.0 Å². The van der Waals surface area contributed by atoms with Crippen molar-refractivity contribution in [2.75, 3.05) is 17.3 Å². The molecule has 0 spiro atoms. The summed E-state index contributed by atoms with van der Waals surface area (Å²) >= 11 is 1.69. The van der Waals surface area contributed by atoms with Gasteiger partial charge in [-0.1, -0.05) is 38.2 Å². The van der Waals surface area contributed by atoms with Gasteiger partial charge in [0.2, 0.25) is 11.8 Å². The largest absolute Gasteiger partial charge is 0.453 e. The molecular weight excluding hydrogens is 575 g/mol. The van der Waals surface area contributed by atoms with Gasteiger partial charge in [-0.2, -0.15) is 22.0 Å². The highest BCUT2D eigenvalue weighted by molar-refractivity contribution is 7.99. The lowest BCUT2D eigenvalue weighted by Crippen LogP contribution is -2.52. The summed E-state index contributed by atoms with van der Waals surface area (Å²) in [5, 5.41) is 2.31. The Morgan fingerprint density at radius 2 is 1.57 bits per heavy atom. The number of hydrogen-bond donors (Lipinski definition) is 1. The van der Waals surface area contributed by atoms with E-state index >= 15 is 0 Å². The first-order valence-corrected chi connectivity index (χ1v) is 16.1. The van der Waals surface area contributed by atoms with Crippen LogP contribution in [0, 0.1) is 0 Å². The summed E-state index contributed by atoms with van der Waals surface area (Å²) in [4.78, 5) is 39.2. The molecule has 2 heterocycles. The fourth-order valence-corrected chi connectivity index (χ4v) is 7.11. The van der Waals surface area contributed by atoms with E-state index in [-0.39, 0.29) is 24.0 Å². The molecule has 0 radical (unpaired) electrons. The first kappa shape index (κ1) is 32.5. The number of rotatable bonds is 16. The van der Waals surface area contributed by atoms with Gasteiger partial charge in [0.15, 0.2) is 0 Å². The van der Waals surface area contributed by atoms with Crippen LogP contribution in [0.15, 0.2) is 23.1 Å². The van der Waals surface area contributed by atoms with Crippen LogP contribution < -0.4 is 5.32 Å². The fourth-order valence-electron chi connectivity index (χ4n) is 4.82. The quantitative estimate of drug-likeness (QED) is 0.108. The second-order valence-corrected chi connectivity index (χ2v) is 13.0.